The van der Waals surface area contributed by atoms with Crippen LogP contribution < -0.4 is 10.6 Å². The van der Waals surface area contributed by atoms with Crippen LogP contribution in [0.5, 0.6) is 0 Å². The Labute approximate surface area is 106 Å². The number of hydrogen-bond donors (Lipinski definition) is 4. The van der Waals surface area contributed by atoms with E-state index in [0.29, 0.717) is 0 Å². The number of carboxylic acids is 1. The highest BCUT2D eigenvalue weighted by Crippen LogP contribution is 2.07. The Hall–Kier alpha value is -1.34. The molecule has 0 aromatic carbocycles. The summed E-state index contributed by atoms with van der Waals surface area (Å²) in [5.41, 5.74) is 0. The first kappa shape index (κ1) is 14.7. The molecule has 1 fully saturated rings. The van der Waals surface area contributed by atoms with E-state index in [1.807, 2.05) is 7.05 Å². The molecule has 1 rings (SSSR count). The SMILES string of the molecule is C[C@@H](O)[C@H](NC(=O)NC1CCCN(C)C1)C(=O)O. The molecular weight excluding hydrogens is 238 g/mol. The Morgan fingerprint density at radius 3 is 2.61 bits per heavy atom. The van der Waals surface area contributed by atoms with Crippen LogP contribution in [0.3, 0.4) is 0 Å². The average molecular weight is 259 g/mol. The smallest absolute Gasteiger partial charge is 0.328 e. The quantitative estimate of drug-likeness (QED) is 0.530. The monoisotopic (exact) mass is 259 g/mol. The maximum atomic E-state index is 11.6. The van der Waals surface area contributed by atoms with E-state index in [1.165, 1.54) is 6.92 Å². The van der Waals surface area contributed by atoms with Crippen molar-refractivity contribution in [3.8, 4) is 0 Å². The van der Waals surface area contributed by atoms with Gasteiger partial charge in [-0.1, -0.05) is 0 Å². The maximum absolute atomic E-state index is 11.6. The highest BCUT2D eigenvalue weighted by molar-refractivity contribution is 5.83. The fourth-order valence-electron chi connectivity index (χ4n) is 2.04. The van der Waals surface area contributed by atoms with Crippen LogP contribution in [0, 0.1) is 0 Å². The number of aliphatic hydroxyl groups excluding tert-OH is 1. The van der Waals surface area contributed by atoms with E-state index < -0.39 is 24.1 Å². The lowest BCUT2D eigenvalue weighted by molar-refractivity contribution is -0.141. The molecule has 0 spiro atoms. The van der Waals surface area contributed by atoms with Crippen molar-refractivity contribution in [3.63, 3.8) is 0 Å². The Morgan fingerprint density at radius 2 is 2.11 bits per heavy atom. The number of urea groups is 1. The van der Waals surface area contributed by atoms with E-state index in [-0.39, 0.29) is 6.04 Å². The molecule has 1 aliphatic rings. The second kappa shape index (κ2) is 6.55. The van der Waals surface area contributed by atoms with Crippen LogP contribution in [0.4, 0.5) is 4.79 Å². The minimum atomic E-state index is -1.29. The van der Waals surface area contributed by atoms with Crippen LogP contribution in [0.25, 0.3) is 0 Å². The van der Waals surface area contributed by atoms with Gasteiger partial charge in [0.15, 0.2) is 6.04 Å². The number of aliphatic hydroxyl groups is 1. The van der Waals surface area contributed by atoms with Gasteiger partial charge in [-0.05, 0) is 33.4 Å². The predicted molar refractivity (Wildman–Crippen MR) is 65.3 cm³/mol. The lowest BCUT2D eigenvalue weighted by atomic mass is 10.1. The average Bonchev–Trinajstić information content (AvgIpc) is 2.25. The molecule has 0 bridgehead atoms. The van der Waals surface area contributed by atoms with Gasteiger partial charge in [0.05, 0.1) is 6.10 Å². The molecule has 0 radical (unpaired) electrons. The fourth-order valence-corrected chi connectivity index (χ4v) is 2.04. The number of piperidine rings is 1. The predicted octanol–water partition coefficient (Wildman–Crippen LogP) is -0.786. The number of nitrogens with zero attached hydrogens (tertiary/aromatic N) is 1. The van der Waals surface area contributed by atoms with Crippen molar-refractivity contribution in [2.75, 3.05) is 20.1 Å². The first-order valence-corrected chi connectivity index (χ1v) is 6.06. The maximum Gasteiger partial charge on any atom is 0.328 e. The van der Waals surface area contributed by atoms with Crippen molar-refractivity contribution in [3.05, 3.63) is 0 Å². The number of amides is 2. The highest BCUT2D eigenvalue weighted by Gasteiger charge is 2.26. The first-order valence-electron chi connectivity index (χ1n) is 6.06. The molecule has 4 N–H and O–H groups in total. The zero-order chi connectivity index (χ0) is 13.7. The zero-order valence-corrected chi connectivity index (χ0v) is 10.7. The van der Waals surface area contributed by atoms with Crippen molar-refractivity contribution < 1.29 is 19.8 Å². The van der Waals surface area contributed by atoms with Crippen molar-refractivity contribution in [1.82, 2.24) is 15.5 Å². The topological polar surface area (TPSA) is 102 Å². The van der Waals surface area contributed by atoms with E-state index in [9.17, 15) is 14.7 Å². The second-order valence-electron chi connectivity index (χ2n) is 4.78. The Kier molecular flexibility index (Phi) is 5.36. The number of hydrogen-bond acceptors (Lipinski definition) is 4. The van der Waals surface area contributed by atoms with Crippen LogP contribution in [-0.4, -0.2) is 65.4 Å². The summed E-state index contributed by atoms with van der Waals surface area (Å²) < 4.78 is 0. The fraction of sp³-hybridized carbons (Fsp3) is 0.818. The third-order valence-corrected chi connectivity index (χ3v) is 2.99. The Morgan fingerprint density at radius 1 is 1.44 bits per heavy atom. The van der Waals surface area contributed by atoms with E-state index in [2.05, 4.69) is 15.5 Å². The highest BCUT2D eigenvalue weighted by atomic mass is 16.4. The lowest BCUT2D eigenvalue weighted by Crippen LogP contribution is -2.55. The summed E-state index contributed by atoms with van der Waals surface area (Å²) in [6.07, 6.45) is 0.743. The van der Waals surface area contributed by atoms with Gasteiger partial charge in [0.2, 0.25) is 0 Å². The van der Waals surface area contributed by atoms with Gasteiger partial charge in [-0.25, -0.2) is 9.59 Å². The first-order chi connectivity index (χ1) is 8.40. The van der Waals surface area contributed by atoms with Gasteiger partial charge in [0.1, 0.15) is 0 Å². The molecule has 0 saturated carbocycles. The number of carbonyl (C=O) groups excluding carboxylic acids is 1. The molecule has 7 heteroatoms. The molecule has 0 aromatic rings. The minimum Gasteiger partial charge on any atom is -0.480 e. The number of likely N-dealkylation sites (tertiary alicyclic amines) is 1. The molecule has 2 amide bonds. The molecule has 0 aliphatic carbocycles. The minimum absolute atomic E-state index is 0.0205. The van der Waals surface area contributed by atoms with Crippen molar-refractivity contribution >= 4 is 12.0 Å². The van der Waals surface area contributed by atoms with Crippen molar-refractivity contribution in [1.29, 1.82) is 0 Å². The summed E-state index contributed by atoms with van der Waals surface area (Å²) in [5.74, 6) is -1.25. The molecule has 1 heterocycles. The largest absolute Gasteiger partial charge is 0.480 e. The summed E-state index contributed by atoms with van der Waals surface area (Å²) in [7, 11) is 1.97. The Bertz CT molecular complexity index is 309. The Balaban J connectivity index is 2.42. The number of aliphatic carboxylic acids is 1. The van der Waals surface area contributed by atoms with Crippen molar-refractivity contribution in [2.45, 2.75) is 38.0 Å². The molecule has 0 aromatic heterocycles. The van der Waals surface area contributed by atoms with Gasteiger partial charge in [0.25, 0.3) is 0 Å². The summed E-state index contributed by atoms with van der Waals surface area (Å²) >= 11 is 0. The molecule has 3 atom stereocenters. The zero-order valence-electron chi connectivity index (χ0n) is 10.7. The molecule has 1 aliphatic heterocycles. The van der Waals surface area contributed by atoms with Crippen LogP contribution >= 0.6 is 0 Å². The summed E-state index contributed by atoms with van der Waals surface area (Å²) in [5, 5.41) is 23.1. The lowest BCUT2D eigenvalue weighted by Gasteiger charge is -2.30. The molecule has 1 unspecified atom stereocenters. The molecule has 104 valence electrons. The van der Waals surface area contributed by atoms with Crippen LogP contribution in [0.1, 0.15) is 19.8 Å². The van der Waals surface area contributed by atoms with Gasteiger partial charge in [0, 0.05) is 12.6 Å². The number of nitrogens with one attached hydrogen (secondary N) is 2. The normalized spacial score (nSPS) is 24.1. The molecule has 1 saturated heterocycles. The van der Waals surface area contributed by atoms with E-state index in [0.717, 1.165) is 25.9 Å². The standard InChI is InChI=1S/C11H21N3O4/c1-7(15)9(10(16)17)13-11(18)12-8-4-3-5-14(2)6-8/h7-9,15H,3-6H2,1-2H3,(H,16,17)(H2,12,13,18)/t7-,8?,9+/m1/s1. The van der Waals surface area contributed by atoms with Gasteiger partial charge in [-0.2, -0.15) is 0 Å². The van der Waals surface area contributed by atoms with Gasteiger partial charge in [-0.3, -0.25) is 0 Å². The molecular formula is C11H21N3O4. The van der Waals surface area contributed by atoms with E-state index in [1.54, 1.807) is 0 Å². The third kappa shape index (κ3) is 4.50. The van der Waals surface area contributed by atoms with Crippen LogP contribution in [-0.2, 0) is 4.79 Å². The van der Waals surface area contributed by atoms with Crippen LogP contribution in [0.15, 0.2) is 0 Å². The van der Waals surface area contributed by atoms with Gasteiger partial charge < -0.3 is 25.7 Å². The third-order valence-electron chi connectivity index (χ3n) is 2.99. The summed E-state index contributed by atoms with van der Waals surface area (Å²) in [4.78, 5) is 24.5. The van der Waals surface area contributed by atoms with Gasteiger partial charge >= 0.3 is 12.0 Å². The summed E-state index contributed by atoms with van der Waals surface area (Å²) in [6, 6.07) is -1.82. The van der Waals surface area contributed by atoms with Gasteiger partial charge in [-0.15, -0.1) is 0 Å². The van der Waals surface area contributed by atoms with Crippen LogP contribution in [0.2, 0.25) is 0 Å². The van der Waals surface area contributed by atoms with E-state index >= 15 is 0 Å². The number of carbonyl (C=O) groups is 2. The second-order valence-corrected chi connectivity index (χ2v) is 4.78. The van der Waals surface area contributed by atoms with Crippen molar-refractivity contribution in [2.24, 2.45) is 0 Å². The number of rotatable bonds is 4. The van der Waals surface area contributed by atoms with E-state index in [4.69, 9.17) is 5.11 Å². The molecule has 18 heavy (non-hydrogen) atoms. The number of carboxylic acid groups (broad SMARTS) is 1. The number of likely N-dealkylation sites (N-methyl/N-ethyl adjacent to an activating group) is 1. The molecule has 7 nitrogen and oxygen atoms in total. The summed E-state index contributed by atoms with van der Waals surface area (Å²) in [6.45, 7) is 3.08.